The van der Waals surface area contributed by atoms with Gasteiger partial charge in [-0.2, -0.15) is 0 Å². The summed E-state index contributed by atoms with van der Waals surface area (Å²) in [5.74, 6) is 0. The van der Waals surface area contributed by atoms with Crippen LogP contribution < -0.4 is 0 Å². The van der Waals surface area contributed by atoms with Crippen molar-refractivity contribution in [1.29, 1.82) is 0 Å². The summed E-state index contributed by atoms with van der Waals surface area (Å²) in [4.78, 5) is 4.47. The van der Waals surface area contributed by atoms with Gasteiger partial charge in [0.25, 0.3) is 0 Å². The summed E-state index contributed by atoms with van der Waals surface area (Å²) in [6.07, 6.45) is 1.43. The zero-order chi connectivity index (χ0) is 9.14. The lowest BCUT2D eigenvalue weighted by Crippen LogP contribution is -2.49. The maximum atomic E-state index is 5.66. The van der Waals surface area contributed by atoms with Crippen LogP contribution in [0.15, 0.2) is 0 Å². The third kappa shape index (κ3) is 2.44. The Morgan fingerprint density at radius 2 is 2.17 bits per heavy atom. The molecule has 0 N–H and O–H groups in total. The average molecular weight is 172 g/mol. The maximum absolute atomic E-state index is 5.66. The molecule has 72 valence electrons. The molecule has 1 unspecified atom stereocenters. The summed E-state index contributed by atoms with van der Waals surface area (Å²) in [6, 6.07) is 0.656. The minimum absolute atomic E-state index is 0.281. The highest BCUT2D eigenvalue weighted by molar-refractivity contribution is 4.73. The smallest absolute Gasteiger partial charge is 0.123 e. The molecule has 3 heteroatoms. The molecule has 12 heavy (non-hydrogen) atoms. The molecule has 0 spiro atoms. The largest absolute Gasteiger partial charge is 0.362 e. The Kier molecular flexibility index (Phi) is 3.50. The second-order valence-corrected chi connectivity index (χ2v) is 3.89. The Morgan fingerprint density at radius 3 is 2.75 bits per heavy atom. The van der Waals surface area contributed by atoms with Crippen molar-refractivity contribution < 1.29 is 4.74 Å². The van der Waals surface area contributed by atoms with Crippen LogP contribution in [0.2, 0.25) is 0 Å². The molecule has 1 aliphatic rings. The summed E-state index contributed by atoms with van der Waals surface area (Å²) < 4.78 is 5.66. The number of hydrogen-bond donors (Lipinski definition) is 0. The Balaban J connectivity index is 2.41. The van der Waals surface area contributed by atoms with Gasteiger partial charge < -0.3 is 9.64 Å². The van der Waals surface area contributed by atoms with Crippen LogP contribution in [0.25, 0.3) is 0 Å². The van der Waals surface area contributed by atoms with Crippen LogP contribution in [0.3, 0.4) is 0 Å². The lowest BCUT2D eigenvalue weighted by Gasteiger charge is -2.38. The summed E-state index contributed by atoms with van der Waals surface area (Å²) in [6.45, 7) is 4.15. The third-order valence-corrected chi connectivity index (χ3v) is 2.52. The van der Waals surface area contributed by atoms with E-state index in [4.69, 9.17) is 4.74 Å². The van der Waals surface area contributed by atoms with Crippen molar-refractivity contribution in [2.45, 2.75) is 25.6 Å². The van der Waals surface area contributed by atoms with E-state index in [1.165, 1.54) is 0 Å². The molecule has 1 heterocycles. The van der Waals surface area contributed by atoms with Gasteiger partial charge in [0.2, 0.25) is 0 Å². The number of likely N-dealkylation sites (N-methyl/N-ethyl adjacent to an activating group) is 2. The molecule has 0 aromatic carbocycles. The Bertz CT molecular complexity index is 138. The van der Waals surface area contributed by atoms with Crippen molar-refractivity contribution in [1.82, 2.24) is 9.80 Å². The highest BCUT2D eigenvalue weighted by atomic mass is 16.5. The van der Waals surface area contributed by atoms with Gasteiger partial charge in [-0.3, -0.25) is 4.90 Å². The first-order chi connectivity index (χ1) is 5.61. The van der Waals surface area contributed by atoms with Crippen LogP contribution >= 0.6 is 0 Å². The Labute approximate surface area is 75.3 Å². The average Bonchev–Trinajstić information content (AvgIpc) is 1.98. The van der Waals surface area contributed by atoms with Gasteiger partial charge in [-0.25, -0.2) is 0 Å². The molecule has 1 aliphatic heterocycles. The second kappa shape index (κ2) is 4.21. The molecule has 2 atom stereocenters. The van der Waals surface area contributed by atoms with Gasteiger partial charge in [-0.15, -0.1) is 0 Å². The van der Waals surface area contributed by atoms with Crippen LogP contribution in [0.1, 0.15) is 13.3 Å². The zero-order valence-electron chi connectivity index (χ0n) is 8.58. The number of ether oxygens (including phenoxy) is 1. The van der Waals surface area contributed by atoms with Crippen LogP contribution in [0.5, 0.6) is 0 Å². The van der Waals surface area contributed by atoms with E-state index < -0.39 is 0 Å². The normalized spacial score (nSPS) is 32.8. The highest BCUT2D eigenvalue weighted by Crippen LogP contribution is 2.14. The first-order valence-electron chi connectivity index (χ1n) is 4.59. The van der Waals surface area contributed by atoms with Crippen LogP contribution in [0, 0.1) is 0 Å². The number of rotatable bonds is 2. The quantitative estimate of drug-likeness (QED) is 0.607. The summed E-state index contributed by atoms with van der Waals surface area (Å²) in [7, 11) is 6.30. The lowest BCUT2D eigenvalue weighted by atomic mass is 10.2. The topological polar surface area (TPSA) is 15.7 Å². The molecule has 1 rings (SSSR count). The predicted octanol–water partition coefficient (Wildman–Crippen LogP) is 0.615. The van der Waals surface area contributed by atoms with Crippen molar-refractivity contribution in [3.8, 4) is 0 Å². The SMILES string of the molecule is C[C@@H]1CCOC(CN(C)C)N1C. The molecule has 1 saturated heterocycles. The molecule has 0 bridgehead atoms. The van der Waals surface area contributed by atoms with Crippen molar-refractivity contribution in [3.63, 3.8) is 0 Å². The molecular formula is C9H20N2O. The zero-order valence-corrected chi connectivity index (χ0v) is 8.58. The van der Waals surface area contributed by atoms with E-state index >= 15 is 0 Å². The molecule has 0 aliphatic carbocycles. The van der Waals surface area contributed by atoms with E-state index in [0.717, 1.165) is 19.6 Å². The molecule has 0 amide bonds. The molecule has 3 nitrogen and oxygen atoms in total. The molecule has 0 radical (unpaired) electrons. The summed E-state index contributed by atoms with van der Waals surface area (Å²) in [5.41, 5.74) is 0. The fraction of sp³-hybridized carbons (Fsp3) is 1.00. The van der Waals surface area contributed by atoms with Gasteiger partial charge in [0.05, 0.1) is 6.61 Å². The van der Waals surface area contributed by atoms with Gasteiger partial charge in [-0.1, -0.05) is 0 Å². The second-order valence-electron chi connectivity index (χ2n) is 3.89. The Hall–Kier alpha value is -0.120. The van der Waals surface area contributed by atoms with Crippen LogP contribution in [-0.4, -0.2) is 56.4 Å². The van der Waals surface area contributed by atoms with E-state index in [0.29, 0.717) is 6.04 Å². The highest BCUT2D eigenvalue weighted by Gasteiger charge is 2.25. The molecule has 0 aromatic rings. The van der Waals surface area contributed by atoms with E-state index in [1.54, 1.807) is 0 Å². The van der Waals surface area contributed by atoms with Crippen LogP contribution in [-0.2, 0) is 4.74 Å². The van der Waals surface area contributed by atoms with Crippen molar-refractivity contribution >= 4 is 0 Å². The van der Waals surface area contributed by atoms with Gasteiger partial charge in [0.15, 0.2) is 0 Å². The van der Waals surface area contributed by atoms with E-state index in [9.17, 15) is 0 Å². The standard InChI is InChI=1S/C9H20N2O/c1-8-5-6-12-9(11(8)4)7-10(2)3/h8-9H,5-7H2,1-4H3/t8-,9?/m1/s1. The van der Waals surface area contributed by atoms with Crippen molar-refractivity contribution in [2.24, 2.45) is 0 Å². The molecular weight excluding hydrogens is 152 g/mol. The summed E-state index contributed by atoms with van der Waals surface area (Å²) >= 11 is 0. The third-order valence-electron chi connectivity index (χ3n) is 2.52. The predicted molar refractivity (Wildman–Crippen MR) is 50.1 cm³/mol. The minimum Gasteiger partial charge on any atom is -0.362 e. The van der Waals surface area contributed by atoms with Gasteiger partial charge in [-0.05, 0) is 34.5 Å². The van der Waals surface area contributed by atoms with E-state index in [2.05, 4.69) is 37.9 Å². The first kappa shape index (κ1) is 9.96. The Morgan fingerprint density at radius 1 is 1.50 bits per heavy atom. The molecule has 0 aromatic heterocycles. The number of nitrogens with zero attached hydrogens (tertiary/aromatic N) is 2. The van der Waals surface area contributed by atoms with Crippen molar-refractivity contribution in [3.05, 3.63) is 0 Å². The minimum atomic E-state index is 0.281. The van der Waals surface area contributed by atoms with Gasteiger partial charge in [0.1, 0.15) is 6.23 Å². The van der Waals surface area contributed by atoms with Crippen LogP contribution in [0.4, 0.5) is 0 Å². The maximum Gasteiger partial charge on any atom is 0.123 e. The lowest BCUT2D eigenvalue weighted by molar-refractivity contribution is -0.113. The fourth-order valence-electron chi connectivity index (χ4n) is 1.47. The first-order valence-corrected chi connectivity index (χ1v) is 4.59. The fourth-order valence-corrected chi connectivity index (χ4v) is 1.47. The van der Waals surface area contributed by atoms with Gasteiger partial charge in [0, 0.05) is 12.6 Å². The molecule has 0 saturated carbocycles. The monoisotopic (exact) mass is 172 g/mol. The van der Waals surface area contributed by atoms with E-state index in [-0.39, 0.29) is 6.23 Å². The van der Waals surface area contributed by atoms with E-state index in [1.807, 2.05) is 0 Å². The van der Waals surface area contributed by atoms with Gasteiger partial charge >= 0.3 is 0 Å². The molecule has 1 fully saturated rings. The summed E-state index contributed by atoms with van der Waals surface area (Å²) in [5, 5.41) is 0. The van der Waals surface area contributed by atoms with Crippen molar-refractivity contribution in [2.75, 3.05) is 34.3 Å². The number of hydrogen-bond acceptors (Lipinski definition) is 3.